The normalized spacial score (nSPS) is 14.2. The maximum absolute atomic E-state index is 14.3. The van der Waals surface area contributed by atoms with E-state index in [0.29, 0.717) is 65.4 Å². The Kier molecular flexibility index (Phi) is 11.0. The van der Waals surface area contributed by atoms with Gasteiger partial charge in [0.15, 0.2) is 16.3 Å². The van der Waals surface area contributed by atoms with Crippen LogP contribution in [0.15, 0.2) is 84.6 Å². The summed E-state index contributed by atoms with van der Waals surface area (Å²) in [5.41, 5.74) is 3.38. The van der Waals surface area contributed by atoms with Gasteiger partial charge in [0.1, 0.15) is 18.4 Å². The van der Waals surface area contributed by atoms with Crippen LogP contribution < -0.4 is 29.1 Å². The molecule has 5 rings (SSSR count). The number of halogens is 2. The molecule has 1 aromatic heterocycles. The molecule has 12 heteroatoms. The molecular formula is C35H31Br2N3O6S. The summed E-state index contributed by atoms with van der Waals surface area (Å²) in [5.74, 6) is 0.975. The van der Waals surface area contributed by atoms with Crippen LogP contribution in [0.4, 0.5) is 0 Å². The molecule has 242 valence electrons. The molecule has 0 aliphatic carbocycles. The van der Waals surface area contributed by atoms with E-state index in [4.69, 9.17) is 29.2 Å². The molecule has 0 bridgehead atoms. The van der Waals surface area contributed by atoms with Crippen molar-refractivity contribution >= 4 is 55.2 Å². The first-order valence-electron chi connectivity index (χ1n) is 14.8. The number of fused-ring (bicyclic) bond motifs is 1. The number of methoxy groups -OCH3 is 2. The second-order valence-corrected chi connectivity index (χ2v) is 13.2. The van der Waals surface area contributed by atoms with Gasteiger partial charge in [0.25, 0.3) is 5.56 Å². The first kappa shape index (κ1) is 34.2. The highest BCUT2D eigenvalue weighted by Gasteiger charge is 2.36. The standard InChI is InChI=1S/C35H31Br2N3O6S/c1-5-7-26-30(34(42)45-6-2)31(24-17-23(36)12-13-27(24)43-3)40-33(41)29(47-35(40)39-26)16-22-14-25(37)32(28(15-22)44-4)46-19-21-10-8-20(18-38)9-11-21/h8-17,31H,5-7,19H2,1-4H3/b29-16-/t31-/m0/s1. The van der Waals surface area contributed by atoms with Gasteiger partial charge in [-0.2, -0.15) is 5.26 Å². The lowest BCUT2D eigenvalue weighted by Gasteiger charge is -2.27. The molecule has 3 aromatic carbocycles. The van der Waals surface area contributed by atoms with Crippen LogP contribution in [0.3, 0.4) is 0 Å². The summed E-state index contributed by atoms with van der Waals surface area (Å²) in [6.07, 6.45) is 3.04. The number of hydrogen-bond acceptors (Lipinski definition) is 9. The van der Waals surface area contributed by atoms with E-state index in [2.05, 4.69) is 37.9 Å². The van der Waals surface area contributed by atoms with Crippen molar-refractivity contribution in [3.8, 4) is 23.3 Å². The van der Waals surface area contributed by atoms with Gasteiger partial charge in [0.2, 0.25) is 0 Å². The quantitative estimate of drug-likeness (QED) is 0.158. The summed E-state index contributed by atoms with van der Waals surface area (Å²) < 4.78 is 26.3. The zero-order valence-corrected chi connectivity index (χ0v) is 30.1. The van der Waals surface area contributed by atoms with Gasteiger partial charge >= 0.3 is 5.97 Å². The highest BCUT2D eigenvalue weighted by molar-refractivity contribution is 9.10. The molecule has 0 amide bonds. The number of esters is 1. The number of aromatic nitrogens is 1. The molecule has 4 aromatic rings. The number of hydrogen-bond donors (Lipinski definition) is 0. The van der Waals surface area contributed by atoms with E-state index >= 15 is 0 Å². The van der Waals surface area contributed by atoms with Crippen LogP contribution in [-0.4, -0.2) is 31.4 Å². The fourth-order valence-corrected chi connectivity index (χ4v) is 7.25. The fraction of sp³-hybridized carbons (Fsp3) is 0.257. The predicted molar refractivity (Wildman–Crippen MR) is 187 cm³/mol. The average Bonchev–Trinajstić information content (AvgIpc) is 3.37. The molecule has 1 aliphatic rings. The summed E-state index contributed by atoms with van der Waals surface area (Å²) in [4.78, 5) is 33.1. The Hall–Kier alpha value is -4.18. The third-order valence-electron chi connectivity index (χ3n) is 7.39. The number of carbonyl (C=O) groups is 1. The van der Waals surface area contributed by atoms with Crippen LogP contribution >= 0.6 is 43.2 Å². The number of thiazole rings is 1. The SMILES string of the molecule is CCCC1=C(C(=O)OCC)[C@H](c2cc(Br)ccc2OC)n2c(s/c(=C\c3cc(Br)c(OCc4ccc(C#N)cc4)c(OC)c3)c2=O)=N1. The van der Waals surface area contributed by atoms with Crippen LogP contribution in [0.5, 0.6) is 17.2 Å². The Morgan fingerprint density at radius 1 is 1.06 bits per heavy atom. The van der Waals surface area contributed by atoms with E-state index in [1.807, 2.05) is 37.3 Å². The van der Waals surface area contributed by atoms with Crippen molar-refractivity contribution in [3.63, 3.8) is 0 Å². The molecule has 9 nitrogen and oxygen atoms in total. The molecule has 47 heavy (non-hydrogen) atoms. The van der Waals surface area contributed by atoms with Crippen LogP contribution in [0.25, 0.3) is 6.08 Å². The Morgan fingerprint density at radius 3 is 2.47 bits per heavy atom. The number of nitrogens with zero attached hydrogens (tertiary/aromatic N) is 3. The first-order chi connectivity index (χ1) is 22.7. The minimum Gasteiger partial charge on any atom is -0.496 e. The zero-order valence-electron chi connectivity index (χ0n) is 26.1. The van der Waals surface area contributed by atoms with Crippen molar-refractivity contribution in [3.05, 3.63) is 117 Å². The van der Waals surface area contributed by atoms with E-state index in [9.17, 15) is 9.59 Å². The highest BCUT2D eigenvalue weighted by atomic mass is 79.9. The third-order valence-corrected chi connectivity index (χ3v) is 9.46. The molecule has 0 saturated carbocycles. The van der Waals surface area contributed by atoms with Gasteiger partial charge in [0.05, 0.1) is 52.7 Å². The summed E-state index contributed by atoms with van der Waals surface area (Å²) in [6, 6.07) is 17.6. The number of rotatable bonds is 11. The molecule has 0 radical (unpaired) electrons. The largest absolute Gasteiger partial charge is 0.496 e. The van der Waals surface area contributed by atoms with Crippen LogP contribution in [0.2, 0.25) is 0 Å². The number of allylic oxidation sites excluding steroid dienone is 1. The van der Waals surface area contributed by atoms with E-state index in [1.165, 1.54) is 11.3 Å². The van der Waals surface area contributed by atoms with Gasteiger partial charge in [-0.25, -0.2) is 9.79 Å². The van der Waals surface area contributed by atoms with Gasteiger partial charge in [-0.3, -0.25) is 9.36 Å². The number of benzene rings is 3. The Balaban J connectivity index is 1.62. The maximum Gasteiger partial charge on any atom is 0.338 e. The van der Waals surface area contributed by atoms with Gasteiger partial charge in [0, 0.05) is 10.0 Å². The minimum atomic E-state index is -0.819. The summed E-state index contributed by atoms with van der Waals surface area (Å²) in [5, 5.41) is 9.06. The van der Waals surface area contributed by atoms with Gasteiger partial charge in [-0.1, -0.05) is 52.7 Å². The molecule has 2 heterocycles. The van der Waals surface area contributed by atoms with E-state index in [1.54, 1.807) is 56.1 Å². The van der Waals surface area contributed by atoms with Crippen LogP contribution in [0, 0.1) is 11.3 Å². The predicted octanol–water partition coefficient (Wildman–Crippen LogP) is 6.57. The lowest BCUT2D eigenvalue weighted by Crippen LogP contribution is -2.40. The Morgan fingerprint density at radius 2 is 1.81 bits per heavy atom. The van der Waals surface area contributed by atoms with Crippen molar-refractivity contribution in [1.82, 2.24) is 4.57 Å². The Bertz CT molecular complexity index is 2080. The van der Waals surface area contributed by atoms with Crippen molar-refractivity contribution in [2.24, 2.45) is 4.99 Å². The van der Waals surface area contributed by atoms with Crippen molar-refractivity contribution < 1.29 is 23.7 Å². The first-order valence-corrected chi connectivity index (χ1v) is 17.2. The van der Waals surface area contributed by atoms with E-state index in [-0.39, 0.29) is 18.8 Å². The number of ether oxygens (including phenoxy) is 4. The molecule has 0 N–H and O–H groups in total. The van der Waals surface area contributed by atoms with Gasteiger partial charge < -0.3 is 18.9 Å². The number of carbonyl (C=O) groups excluding carboxylic acids is 1. The van der Waals surface area contributed by atoms with Crippen molar-refractivity contribution in [2.75, 3.05) is 20.8 Å². The molecule has 1 atom stereocenters. The molecule has 1 aliphatic heterocycles. The van der Waals surface area contributed by atoms with Gasteiger partial charge in [-0.05, 0) is 88.9 Å². The topological polar surface area (TPSA) is 112 Å². The van der Waals surface area contributed by atoms with Crippen molar-refractivity contribution in [2.45, 2.75) is 39.3 Å². The van der Waals surface area contributed by atoms with Crippen LogP contribution in [-0.2, 0) is 16.1 Å². The zero-order chi connectivity index (χ0) is 33.7. The second kappa shape index (κ2) is 15.2. The fourth-order valence-electron chi connectivity index (χ4n) is 5.28. The monoisotopic (exact) mass is 779 g/mol. The smallest absolute Gasteiger partial charge is 0.338 e. The molecule has 0 spiro atoms. The number of nitriles is 1. The summed E-state index contributed by atoms with van der Waals surface area (Å²) in [6.45, 7) is 4.20. The molecule has 0 unspecified atom stereocenters. The summed E-state index contributed by atoms with van der Waals surface area (Å²) in [7, 11) is 3.10. The minimum absolute atomic E-state index is 0.179. The molecule has 0 fully saturated rings. The van der Waals surface area contributed by atoms with Crippen LogP contribution in [0.1, 0.15) is 55.0 Å². The van der Waals surface area contributed by atoms with E-state index in [0.717, 1.165) is 16.5 Å². The lowest BCUT2D eigenvalue weighted by atomic mass is 9.93. The van der Waals surface area contributed by atoms with Crippen molar-refractivity contribution in [1.29, 1.82) is 5.26 Å². The summed E-state index contributed by atoms with van der Waals surface area (Å²) >= 11 is 8.40. The maximum atomic E-state index is 14.3. The second-order valence-electron chi connectivity index (χ2n) is 10.4. The Labute approximate surface area is 292 Å². The lowest BCUT2D eigenvalue weighted by molar-refractivity contribution is -0.139. The molecule has 0 saturated heterocycles. The third kappa shape index (κ3) is 7.22. The molecular weight excluding hydrogens is 750 g/mol. The van der Waals surface area contributed by atoms with E-state index < -0.39 is 12.0 Å². The van der Waals surface area contributed by atoms with Gasteiger partial charge in [-0.15, -0.1) is 0 Å². The average molecular weight is 782 g/mol. The highest BCUT2D eigenvalue weighted by Crippen LogP contribution is 2.39.